The second kappa shape index (κ2) is 7.09. The Labute approximate surface area is 122 Å². The molecule has 6 heteroatoms. The van der Waals surface area contributed by atoms with Gasteiger partial charge in [0.2, 0.25) is 0 Å². The zero-order chi connectivity index (χ0) is 15.1. The number of carbonyl (C=O) groups is 1. The molecule has 0 unspecified atom stereocenters. The van der Waals surface area contributed by atoms with Crippen LogP contribution in [0, 0.1) is 22.7 Å². The molecule has 1 fully saturated rings. The first-order chi connectivity index (χ1) is 10.3. The molecule has 1 saturated heterocycles. The van der Waals surface area contributed by atoms with Crippen molar-refractivity contribution in [2.45, 2.75) is 0 Å². The summed E-state index contributed by atoms with van der Waals surface area (Å²) in [5.74, 6) is -0.331. The second-order valence-corrected chi connectivity index (χ2v) is 4.38. The van der Waals surface area contributed by atoms with Crippen molar-refractivity contribution in [2.24, 2.45) is 0 Å². The Bertz CT molecular complexity index is 634. The van der Waals surface area contributed by atoms with Gasteiger partial charge in [-0.15, -0.1) is 0 Å². The standard InChI is InChI=1S/C15H14N4O2/c16-9-12-3-1-2-4-14(12)18-11-13(10-17)15(20)19-5-7-21-8-6-19/h1-4,11,18H,5-8H2/b13-11-. The minimum absolute atomic E-state index is 0.00430. The molecular weight excluding hydrogens is 268 g/mol. The molecule has 0 saturated carbocycles. The molecule has 1 aromatic carbocycles. The van der Waals surface area contributed by atoms with E-state index in [9.17, 15) is 4.79 Å². The fourth-order valence-electron chi connectivity index (χ4n) is 1.94. The van der Waals surface area contributed by atoms with Crippen LogP contribution in [0.4, 0.5) is 5.69 Å². The van der Waals surface area contributed by atoms with E-state index in [0.717, 1.165) is 0 Å². The van der Waals surface area contributed by atoms with Crippen molar-refractivity contribution in [3.63, 3.8) is 0 Å². The van der Waals surface area contributed by atoms with E-state index >= 15 is 0 Å². The van der Waals surface area contributed by atoms with Crippen LogP contribution < -0.4 is 5.32 Å². The summed E-state index contributed by atoms with van der Waals surface area (Å²) in [6.07, 6.45) is 1.34. The molecule has 0 atom stereocenters. The molecule has 0 bridgehead atoms. The van der Waals surface area contributed by atoms with Crippen molar-refractivity contribution in [1.29, 1.82) is 10.5 Å². The highest BCUT2D eigenvalue weighted by Crippen LogP contribution is 2.14. The molecule has 0 aromatic heterocycles. The molecule has 1 aromatic rings. The van der Waals surface area contributed by atoms with Gasteiger partial charge in [-0.3, -0.25) is 4.79 Å². The number of carbonyl (C=O) groups excluding carboxylic acids is 1. The van der Waals surface area contributed by atoms with E-state index in [1.54, 1.807) is 29.2 Å². The van der Waals surface area contributed by atoms with Crippen molar-refractivity contribution < 1.29 is 9.53 Å². The predicted molar refractivity (Wildman–Crippen MR) is 75.9 cm³/mol. The smallest absolute Gasteiger partial charge is 0.266 e. The number of morpholine rings is 1. The molecule has 1 N–H and O–H groups in total. The van der Waals surface area contributed by atoms with Crippen molar-refractivity contribution in [2.75, 3.05) is 31.6 Å². The molecular formula is C15H14N4O2. The van der Waals surface area contributed by atoms with Crippen LogP contribution in [-0.4, -0.2) is 37.1 Å². The third-order valence-electron chi connectivity index (χ3n) is 3.07. The molecule has 1 amide bonds. The highest BCUT2D eigenvalue weighted by Gasteiger charge is 2.20. The fraction of sp³-hybridized carbons (Fsp3) is 0.267. The summed E-state index contributed by atoms with van der Waals surface area (Å²) >= 11 is 0. The SMILES string of the molecule is N#C/C(=C/Nc1ccccc1C#N)C(=O)N1CCOCC1. The lowest BCUT2D eigenvalue weighted by Crippen LogP contribution is -2.41. The minimum atomic E-state index is -0.331. The monoisotopic (exact) mass is 282 g/mol. The summed E-state index contributed by atoms with van der Waals surface area (Å²) in [5, 5.41) is 21.0. The molecule has 1 heterocycles. The quantitative estimate of drug-likeness (QED) is 0.665. The number of hydrogen-bond donors (Lipinski definition) is 1. The number of benzene rings is 1. The normalized spacial score (nSPS) is 15.0. The van der Waals surface area contributed by atoms with Crippen molar-refractivity contribution in [1.82, 2.24) is 4.90 Å². The zero-order valence-electron chi connectivity index (χ0n) is 11.4. The van der Waals surface area contributed by atoms with Gasteiger partial charge < -0.3 is 15.0 Å². The summed E-state index contributed by atoms with van der Waals surface area (Å²) in [6, 6.07) is 10.8. The highest BCUT2D eigenvalue weighted by molar-refractivity contribution is 5.97. The second-order valence-electron chi connectivity index (χ2n) is 4.38. The van der Waals surface area contributed by atoms with Crippen molar-refractivity contribution >= 4 is 11.6 Å². The van der Waals surface area contributed by atoms with Gasteiger partial charge in [0, 0.05) is 19.3 Å². The van der Waals surface area contributed by atoms with Crippen LogP contribution in [-0.2, 0) is 9.53 Å². The van der Waals surface area contributed by atoms with Crippen molar-refractivity contribution in [3.05, 3.63) is 41.6 Å². The number of ether oxygens (including phenoxy) is 1. The van der Waals surface area contributed by atoms with Gasteiger partial charge in [0.15, 0.2) is 0 Å². The largest absolute Gasteiger partial charge is 0.378 e. The van der Waals surface area contributed by atoms with Crippen LogP contribution in [0.3, 0.4) is 0 Å². The van der Waals surface area contributed by atoms with Gasteiger partial charge in [0.1, 0.15) is 17.7 Å². The van der Waals surface area contributed by atoms with Gasteiger partial charge in [-0.1, -0.05) is 12.1 Å². The summed E-state index contributed by atoms with van der Waals surface area (Å²) in [6.45, 7) is 1.92. The number of para-hydroxylation sites is 1. The molecule has 1 aliphatic rings. The van der Waals surface area contributed by atoms with Crippen LogP contribution >= 0.6 is 0 Å². The highest BCUT2D eigenvalue weighted by atomic mass is 16.5. The van der Waals surface area contributed by atoms with Gasteiger partial charge >= 0.3 is 0 Å². The Balaban J connectivity index is 2.12. The van der Waals surface area contributed by atoms with Crippen LogP contribution in [0.1, 0.15) is 5.56 Å². The van der Waals surface area contributed by atoms with Crippen LogP contribution in [0.25, 0.3) is 0 Å². The fourth-order valence-corrected chi connectivity index (χ4v) is 1.94. The van der Waals surface area contributed by atoms with Gasteiger partial charge in [-0.25, -0.2) is 0 Å². The number of nitrogens with one attached hydrogen (secondary N) is 1. The van der Waals surface area contributed by atoms with Gasteiger partial charge in [-0.05, 0) is 12.1 Å². The Morgan fingerprint density at radius 1 is 1.29 bits per heavy atom. The molecule has 0 aliphatic carbocycles. The minimum Gasteiger partial charge on any atom is -0.378 e. The number of hydrogen-bond acceptors (Lipinski definition) is 5. The molecule has 6 nitrogen and oxygen atoms in total. The van der Waals surface area contributed by atoms with Gasteiger partial charge in [-0.2, -0.15) is 10.5 Å². The van der Waals surface area contributed by atoms with Gasteiger partial charge in [0.25, 0.3) is 5.91 Å². The third kappa shape index (κ3) is 3.59. The number of amides is 1. The molecule has 1 aliphatic heterocycles. The molecule has 0 spiro atoms. The number of rotatable bonds is 3. The Morgan fingerprint density at radius 2 is 2.00 bits per heavy atom. The molecule has 106 valence electrons. The number of nitrogens with zero attached hydrogens (tertiary/aromatic N) is 3. The average Bonchev–Trinajstić information content (AvgIpc) is 2.56. The maximum atomic E-state index is 12.2. The predicted octanol–water partition coefficient (Wildman–Crippen LogP) is 1.24. The van der Waals surface area contributed by atoms with Crippen LogP contribution in [0.2, 0.25) is 0 Å². The first-order valence-electron chi connectivity index (χ1n) is 6.49. The summed E-state index contributed by atoms with van der Waals surface area (Å²) in [7, 11) is 0. The molecule has 0 radical (unpaired) electrons. The van der Waals surface area contributed by atoms with E-state index in [1.165, 1.54) is 6.20 Å². The third-order valence-corrected chi connectivity index (χ3v) is 3.07. The van der Waals surface area contributed by atoms with E-state index in [0.29, 0.717) is 37.6 Å². The maximum absolute atomic E-state index is 12.2. The van der Waals surface area contributed by atoms with Crippen LogP contribution in [0.15, 0.2) is 36.0 Å². The van der Waals surface area contributed by atoms with Gasteiger partial charge in [0.05, 0.1) is 24.5 Å². The average molecular weight is 282 g/mol. The summed E-state index contributed by atoms with van der Waals surface area (Å²) < 4.78 is 5.17. The van der Waals surface area contributed by atoms with E-state index in [1.807, 2.05) is 12.1 Å². The molecule has 21 heavy (non-hydrogen) atoms. The van der Waals surface area contributed by atoms with E-state index in [4.69, 9.17) is 15.3 Å². The zero-order valence-corrected chi connectivity index (χ0v) is 11.4. The lowest BCUT2D eigenvalue weighted by Gasteiger charge is -2.26. The topological polar surface area (TPSA) is 89.2 Å². The number of nitriles is 2. The maximum Gasteiger partial charge on any atom is 0.266 e. The Kier molecular flexibility index (Phi) is 4.92. The first kappa shape index (κ1) is 14.6. The summed E-state index contributed by atoms with van der Waals surface area (Å²) in [4.78, 5) is 13.8. The lowest BCUT2D eigenvalue weighted by molar-refractivity contribution is -0.130. The Morgan fingerprint density at radius 3 is 2.67 bits per heavy atom. The first-order valence-corrected chi connectivity index (χ1v) is 6.49. The van der Waals surface area contributed by atoms with Crippen molar-refractivity contribution in [3.8, 4) is 12.1 Å². The van der Waals surface area contributed by atoms with E-state index < -0.39 is 0 Å². The number of anilines is 1. The molecule has 2 rings (SSSR count). The van der Waals surface area contributed by atoms with E-state index in [2.05, 4.69) is 5.32 Å². The summed E-state index contributed by atoms with van der Waals surface area (Å²) in [5.41, 5.74) is 1.01. The van der Waals surface area contributed by atoms with E-state index in [-0.39, 0.29) is 11.5 Å². The Hall–Kier alpha value is -2.83. The lowest BCUT2D eigenvalue weighted by atomic mass is 10.2. The van der Waals surface area contributed by atoms with Crippen LogP contribution in [0.5, 0.6) is 0 Å².